The van der Waals surface area contributed by atoms with Crippen LogP contribution < -0.4 is 5.32 Å². The first kappa shape index (κ1) is 15.8. The van der Waals surface area contributed by atoms with Crippen molar-refractivity contribution < 1.29 is 14.3 Å². The second-order valence-corrected chi connectivity index (χ2v) is 5.99. The zero-order chi connectivity index (χ0) is 17.2. The van der Waals surface area contributed by atoms with E-state index in [-0.39, 0.29) is 12.1 Å². The van der Waals surface area contributed by atoms with E-state index >= 15 is 0 Å². The molecule has 6 nitrogen and oxygen atoms in total. The molecule has 6 heteroatoms. The van der Waals surface area contributed by atoms with E-state index in [4.69, 9.17) is 9.47 Å². The number of nitrogens with zero attached hydrogens (tertiary/aromatic N) is 1. The summed E-state index contributed by atoms with van der Waals surface area (Å²) in [6.45, 7) is 2.38. The van der Waals surface area contributed by atoms with Crippen LogP contribution in [-0.4, -0.2) is 42.7 Å². The van der Waals surface area contributed by atoms with Crippen molar-refractivity contribution in [2.75, 3.05) is 26.8 Å². The van der Waals surface area contributed by atoms with Crippen molar-refractivity contribution in [2.45, 2.75) is 6.10 Å². The van der Waals surface area contributed by atoms with Gasteiger partial charge in [-0.05, 0) is 18.2 Å². The molecule has 1 aromatic carbocycles. The molecule has 1 atom stereocenters. The van der Waals surface area contributed by atoms with Crippen molar-refractivity contribution in [3.8, 4) is 11.1 Å². The van der Waals surface area contributed by atoms with Gasteiger partial charge in [-0.3, -0.25) is 4.98 Å². The van der Waals surface area contributed by atoms with Crippen LogP contribution in [0.4, 0.5) is 0 Å². The Morgan fingerprint density at radius 2 is 2.24 bits per heavy atom. The first-order valence-electron chi connectivity index (χ1n) is 8.24. The average molecular weight is 337 g/mol. The highest BCUT2D eigenvalue weighted by Gasteiger charge is 2.17. The number of ether oxygens (including phenoxy) is 2. The van der Waals surface area contributed by atoms with Crippen LogP contribution in [0.2, 0.25) is 0 Å². The Hall–Kier alpha value is -2.70. The number of H-pyrrole nitrogens is 1. The third kappa shape index (κ3) is 3.01. The monoisotopic (exact) mass is 337 g/mol. The molecule has 0 aliphatic carbocycles. The molecule has 3 heterocycles. The van der Waals surface area contributed by atoms with E-state index < -0.39 is 0 Å². The Morgan fingerprint density at radius 1 is 1.32 bits per heavy atom. The summed E-state index contributed by atoms with van der Waals surface area (Å²) in [6.07, 6.45) is 3.80. The smallest absolute Gasteiger partial charge is 0.337 e. The molecule has 2 aromatic heterocycles. The molecule has 1 fully saturated rings. The molecule has 2 N–H and O–H groups in total. The van der Waals surface area contributed by atoms with Crippen LogP contribution in [0.5, 0.6) is 0 Å². The summed E-state index contributed by atoms with van der Waals surface area (Å²) in [5, 5.41) is 4.35. The van der Waals surface area contributed by atoms with E-state index in [2.05, 4.69) is 21.4 Å². The topological polar surface area (TPSA) is 76.2 Å². The summed E-state index contributed by atoms with van der Waals surface area (Å²) >= 11 is 0. The molecule has 128 valence electrons. The fraction of sp³-hybridized carbons (Fsp3) is 0.263. The van der Waals surface area contributed by atoms with Gasteiger partial charge >= 0.3 is 5.97 Å². The van der Waals surface area contributed by atoms with Gasteiger partial charge in [0.25, 0.3) is 0 Å². The quantitative estimate of drug-likeness (QED) is 0.719. The van der Waals surface area contributed by atoms with E-state index in [1.807, 2.05) is 24.5 Å². The average Bonchev–Trinajstić information content (AvgIpc) is 3.11. The molecule has 0 radical (unpaired) electrons. The van der Waals surface area contributed by atoms with Gasteiger partial charge in [0.1, 0.15) is 6.10 Å². The number of methoxy groups -OCH3 is 1. The Balaban J connectivity index is 1.64. The van der Waals surface area contributed by atoms with Crippen molar-refractivity contribution in [1.29, 1.82) is 0 Å². The van der Waals surface area contributed by atoms with Crippen LogP contribution in [0.15, 0.2) is 42.7 Å². The van der Waals surface area contributed by atoms with Crippen LogP contribution in [0.3, 0.4) is 0 Å². The number of carbonyl (C=O) groups is 1. The molecule has 0 amide bonds. The lowest BCUT2D eigenvalue weighted by molar-refractivity contribution is 0.0250. The van der Waals surface area contributed by atoms with Gasteiger partial charge in [-0.1, -0.05) is 12.1 Å². The molecular formula is C19H19N3O3. The lowest BCUT2D eigenvalue weighted by Crippen LogP contribution is -2.33. The van der Waals surface area contributed by atoms with Gasteiger partial charge < -0.3 is 19.8 Å². The summed E-state index contributed by atoms with van der Waals surface area (Å²) in [5.41, 5.74) is 4.42. The largest absolute Gasteiger partial charge is 0.465 e. The van der Waals surface area contributed by atoms with Crippen molar-refractivity contribution >= 4 is 16.9 Å². The van der Waals surface area contributed by atoms with Crippen LogP contribution in [0.25, 0.3) is 22.0 Å². The standard InChI is InChI=1S/C19H19N3O3/c1-24-19(23)12-2-4-14-15(10-22-17(14)8-12)13-3-5-16(21-9-13)18-11-20-6-7-25-18/h2-5,8-10,18,20,22H,6-7,11H2,1H3. The van der Waals surface area contributed by atoms with Gasteiger partial charge in [0.2, 0.25) is 0 Å². The SMILES string of the molecule is COC(=O)c1ccc2c(-c3ccc(C4CNCCO4)nc3)c[nH]c2c1. The van der Waals surface area contributed by atoms with Crippen LogP contribution >= 0.6 is 0 Å². The van der Waals surface area contributed by atoms with E-state index in [0.29, 0.717) is 12.2 Å². The summed E-state index contributed by atoms with van der Waals surface area (Å²) in [5.74, 6) is -0.342. The van der Waals surface area contributed by atoms with Crippen molar-refractivity contribution in [2.24, 2.45) is 0 Å². The summed E-state index contributed by atoms with van der Waals surface area (Å²) in [6, 6.07) is 9.56. The molecule has 0 spiro atoms. The molecule has 4 rings (SSSR count). The zero-order valence-electron chi connectivity index (χ0n) is 13.9. The van der Waals surface area contributed by atoms with Crippen LogP contribution in [0, 0.1) is 0 Å². The van der Waals surface area contributed by atoms with Crippen LogP contribution in [0.1, 0.15) is 22.2 Å². The first-order chi connectivity index (χ1) is 12.3. The lowest BCUT2D eigenvalue weighted by Gasteiger charge is -2.23. The molecule has 1 aliphatic heterocycles. The van der Waals surface area contributed by atoms with Crippen LogP contribution in [-0.2, 0) is 9.47 Å². The number of morpholine rings is 1. The predicted octanol–water partition coefficient (Wildman–Crippen LogP) is 2.68. The number of aromatic nitrogens is 2. The number of pyridine rings is 1. The molecule has 3 aromatic rings. The van der Waals surface area contributed by atoms with E-state index in [1.54, 1.807) is 12.1 Å². The number of carbonyl (C=O) groups excluding carboxylic acids is 1. The molecule has 0 saturated carbocycles. The minimum Gasteiger partial charge on any atom is -0.465 e. The molecule has 1 unspecified atom stereocenters. The van der Waals surface area contributed by atoms with E-state index in [1.165, 1.54) is 7.11 Å². The van der Waals surface area contributed by atoms with Gasteiger partial charge in [0.05, 0.1) is 25.0 Å². The number of esters is 1. The highest BCUT2D eigenvalue weighted by molar-refractivity contribution is 6.00. The molecule has 1 aliphatic rings. The van der Waals surface area contributed by atoms with Gasteiger partial charge in [0, 0.05) is 47.5 Å². The number of hydrogen-bond donors (Lipinski definition) is 2. The van der Waals surface area contributed by atoms with Gasteiger partial charge in [-0.25, -0.2) is 4.79 Å². The Morgan fingerprint density at radius 3 is 2.96 bits per heavy atom. The number of nitrogens with one attached hydrogen (secondary N) is 2. The van der Waals surface area contributed by atoms with Gasteiger partial charge in [-0.2, -0.15) is 0 Å². The predicted molar refractivity (Wildman–Crippen MR) is 94.4 cm³/mol. The van der Waals surface area contributed by atoms with Gasteiger partial charge in [0.15, 0.2) is 0 Å². The van der Waals surface area contributed by atoms with Crippen molar-refractivity contribution in [3.05, 3.63) is 54.0 Å². The minimum absolute atomic E-state index is 0.00776. The fourth-order valence-electron chi connectivity index (χ4n) is 3.12. The Labute approximate surface area is 145 Å². The fourth-order valence-corrected chi connectivity index (χ4v) is 3.12. The normalized spacial score (nSPS) is 17.6. The number of hydrogen-bond acceptors (Lipinski definition) is 5. The minimum atomic E-state index is -0.342. The molecular weight excluding hydrogens is 318 g/mol. The highest BCUT2D eigenvalue weighted by atomic mass is 16.5. The second-order valence-electron chi connectivity index (χ2n) is 5.99. The Bertz CT molecular complexity index is 896. The lowest BCUT2D eigenvalue weighted by atomic mass is 10.0. The third-order valence-electron chi connectivity index (χ3n) is 4.46. The van der Waals surface area contributed by atoms with E-state index in [0.717, 1.165) is 40.8 Å². The maximum atomic E-state index is 11.7. The van der Waals surface area contributed by atoms with E-state index in [9.17, 15) is 4.79 Å². The number of benzene rings is 1. The Kier molecular flexibility index (Phi) is 4.21. The molecule has 0 bridgehead atoms. The maximum absolute atomic E-state index is 11.7. The molecule has 1 saturated heterocycles. The first-order valence-corrected chi connectivity index (χ1v) is 8.24. The van der Waals surface area contributed by atoms with Crippen molar-refractivity contribution in [1.82, 2.24) is 15.3 Å². The second kappa shape index (κ2) is 6.66. The van der Waals surface area contributed by atoms with Crippen molar-refractivity contribution in [3.63, 3.8) is 0 Å². The summed E-state index contributed by atoms with van der Waals surface area (Å²) in [4.78, 5) is 19.4. The number of rotatable bonds is 3. The zero-order valence-corrected chi connectivity index (χ0v) is 13.9. The molecule has 25 heavy (non-hydrogen) atoms. The van der Waals surface area contributed by atoms with Gasteiger partial charge in [-0.15, -0.1) is 0 Å². The summed E-state index contributed by atoms with van der Waals surface area (Å²) < 4.78 is 10.5. The third-order valence-corrected chi connectivity index (χ3v) is 4.46. The maximum Gasteiger partial charge on any atom is 0.337 e. The number of fused-ring (bicyclic) bond motifs is 1. The highest BCUT2D eigenvalue weighted by Crippen LogP contribution is 2.29. The number of aromatic amines is 1. The summed E-state index contributed by atoms with van der Waals surface area (Å²) in [7, 11) is 1.38.